The Morgan fingerprint density at radius 3 is 2.55 bits per heavy atom. The van der Waals surface area contributed by atoms with Crippen LogP contribution in [0.5, 0.6) is 17.2 Å². The maximum Gasteiger partial charge on any atom is 0.134 e. The van der Waals surface area contributed by atoms with E-state index in [4.69, 9.17) is 4.74 Å². The van der Waals surface area contributed by atoms with Crippen LogP contribution in [0.1, 0.15) is 12.0 Å². The number of nitrogens with one attached hydrogen (secondary N) is 1. The molecule has 3 nitrogen and oxygen atoms in total. The zero-order chi connectivity index (χ0) is 13.8. The Hall–Kier alpha value is -2.26. The maximum atomic E-state index is 9.31. The third kappa shape index (κ3) is 2.83. The van der Waals surface area contributed by atoms with Crippen molar-refractivity contribution in [2.75, 3.05) is 13.1 Å². The van der Waals surface area contributed by atoms with Gasteiger partial charge in [-0.05, 0) is 48.9 Å². The highest BCUT2D eigenvalue weighted by atomic mass is 16.5. The molecule has 0 aliphatic carbocycles. The van der Waals surface area contributed by atoms with Crippen molar-refractivity contribution in [3.05, 3.63) is 60.2 Å². The van der Waals surface area contributed by atoms with E-state index < -0.39 is 0 Å². The molecular weight excluding hydrogens is 250 g/mol. The lowest BCUT2D eigenvalue weighted by atomic mass is 9.99. The second kappa shape index (κ2) is 5.80. The van der Waals surface area contributed by atoms with Crippen molar-refractivity contribution in [3.8, 4) is 17.2 Å². The lowest BCUT2D eigenvalue weighted by Gasteiger charge is -2.17. The summed E-state index contributed by atoms with van der Waals surface area (Å²) >= 11 is 0. The first-order chi connectivity index (χ1) is 9.83. The second-order valence-corrected chi connectivity index (χ2v) is 4.78. The minimum atomic E-state index is 0.242. The van der Waals surface area contributed by atoms with E-state index in [9.17, 15) is 5.11 Å². The van der Waals surface area contributed by atoms with Gasteiger partial charge in [-0.3, -0.25) is 0 Å². The van der Waals surface area contributed by atoms with Crippen LogP contribution in [-0.2, 0) is 0 Å². The minimum absolute atomic E-state index is 0.242. The Morgan fingerprint density at radius 1 is 1.00 bits per heavy atom. The van der Waals surface area contributed by atoms with Crippen LogP contribution in [-0.4, -0.2) is 18.2 Å². The van der Waals surface area contributed by atoms with Gasteiger partial charge < -0.3 is 15.2 Å². The molecular formula is C17H17NO2. The first-order valence-electron chi connectivity index (χ1n) is 6.79. The van der Waals surface area contributed by atoms with E-state index in [-0.39, 0.29) is 5.75 Å². The van der Waals surface area contributed by atoms with Gasteiger partial charge in [-0.2, -0.15) is 0 Å². The molecule has 3 rings (SSSR count). The standard InChI is InChI=1S/C17H17NO2/c19-14-5-7-15(8-6-14)20-17-4-2-1-3-16(17)13-9-11-18-12-10-13/h1-9,18-19H,10-12H2. The van der Waals surface area contributed by atoms with Crippen LogP contribution < -0.4 is 10.1 Å². The molecule has 0 bridgehead atoms. The Kier molecular flexibility index (Phi) is 3.70. The minimum Gasteiger partial charge on any atom is -0.508 e. The van der Waals surface area contributed by atoms with Gasteiger partial charge >= 0.3 is 0 Å². The van der Waals surface area contributed by atoms with Crippen molar-refractivity contribution in [2.45, 2.75) is 6.42 Å². The molecule has 1 aliphatic rings. The van der Waals surface area contributed by atoms with Gasteiger partial charge in [0.15, 0.2) is 0 Å². The van der Waals surface area contributed by atoms with Crippen LogP contribution in [0.25, 0.3) is 5.57 Å². The topological polar surface area (TPSA) is 41.5 Å². The third-order valence-corrected chi connectivity index (χ3v) is 3.36. The Bertz CT molecular complexity index is 617. The van der Waals surface area contributed by atoms with Crippen molar-refractivity contribution in [3.63, 3.8) is 0 Å². The van der Waals surface area contributed by atoms with Crippen LogP contribution in [0.15, 0.2) is 54.6 Å². The smallest absolute Gasteiger partial charge is 0.134 e. The van der Waals surface area contributed by atoms with Crippen LogP contribution in [0.4, 0.5) is 0 Å². The summed E-state index contributed by atoms with van der Waals surface area (Å²) in [6, 6.07) is 14.9. The summed E-state index contributed by atoms with van der Waals surface area (Å²) in [5, 5.41) is 12.6. The molecule has 102 valence electrons. The fourth-order valence-electron chi connectivity index (χ4n) is 2.33. The molecule has 0 saturated carbocycles. The van der Waals surface area contributed by atoms with E-state index in [1.54, 1.807) is 24.3 Å². The van der Waals surface area contributed by atoms with Gasteiger partial charge in [0.25, 0.3) is 0 Å². The molecule has 0 unspecified atom stereocenters. The molecule has 2 aromatic rings. The molecule has 20 heavy (non-hydrogen) atoms. The van der Waals surface area contributed by atoms with Gasteiger partial charge in [-0.25, -0.2) is 0 Å². The van der Waals surface area contributed by atoms with Crippen molar-refractivity contribution >= 4 is 5.57 Å². The average molecular weight is 267 g/mol. The van der Waals surface area contributed by atoms with Gasteiger partial charge in [-0.15, -0.1) is 0 Å². The van der Waals surface area contributed by atoms with E-state index in [1.165, 1.54) is 5.57 Å². The highest BCUT2D eigenvalue weighted by Crippen LogP contribution is 2.32. The van der Waals surface area contributed by atoms with Crippen molar-refractivity contribution < 1.29 is 9.84 Å². The lowest BCUT2D eigenvalue weighted by Crippen LogP contribution is -2.20. The SMILES string of the molecule is Oc1ccc(Oc2ccccc2C2=CCNCC2)cc1. The van der Waals surface area contributed by atoms with E-state index in [0.717, 1.165) is 36.6 Å². The number of ether oxygens (including phenoxy) is 1. The zero-order valence-corrected chi connectivity index (χ0v) is 11.2. The fraction of sp³-hybridized carbons (Fsp3) is 0.176. The molecule has 1 aliphatic heterocycles. The molecule has 0 atom stereocenters. The van der Waals surface area contributed by atoms with Gasteiger partial charge in [0.05, 0.1) is 0 Å². The predicted octanol–water partition coefficient (Wildman–Crippen LogP) is 3.56. The molecule has 0 fully saturated rings. The number of hydrogen-bond donors (Lipinski definition) is 2. The highest BCUT2D eigenvalue weighted by Gasteiger charge is 2.11. The van der Waals surface area contributed by atoms with Gasteiger partial charge in [0, 0.05) is 12.1 Å². The predicted molar refractivity (Wildman–Crippen MR) is 80.1 cm³/mol. The molecule has 2 aromatic carbocycles. The number of rotatable bonds is 3. The quantitative estimate of drug-likeness (QED) is 0.893. The Balaban J connectivity index is 1.89. The summed E-state index contributed by atoms with van der Waals surface area (Å²) in [6.07, 6.45) is 3.22. The lowest BCUT2D eigenvalue weighted by molar-refractivity contribution is 0.463. The van der Waals surface area contributed by atoms with E-state index in [1.807, 2.05) is 18.2 Å². The summed E-state index contributed by atoms with van der Waals surface area (Å²) in [5.41, 5.74) is 2.46. The first-order valence-corrected chi connectivity index (χ1v) is 6.79. The molecule has 0 aromatic heterocycles. The van der Waals surface area contributed by atoms with Crippen LogP contribution >= 0.6 is 0 Å². The Morgan fingerprint density at radius 2 is 1.80 bits per heavy atom. The number of hydrogen-bond acceptors (Lipinski definition) is 3. The van der Waals surface area contributed by atoms with Crippen LogP contribution in [0.3, 0.4) is 0 Å². The summed E-state index contributed by atoms with van der Waals surface area (Å²) in [6.45, 7) is 1.91. The molecule has 1 heterocycles. The van der Waals surface area contributed by atoms with E-state index >= 15 is 0 Å². The van der Waals surface area contributed by atoms with Gasteiger partial charge in [-0.1, -0.05) is 24.3 Å². The molecule has 0 radical (unpaired) electrons. The first kappa shape index (κ1) is 12.8. The third-order valence-electron chi connectivity index (χ3n) is 3.36. The van der Waals surface area contributed by atoms with E-state index in [2.05, 4.69) is 17.5 Å². The number of phenolic OH excluding ortho intramolecular Hbond substituents is 1. The molecule has 0 saturated heterocycles. The fourth-order valence-corrected chi connectivity index (χ4v) is 2.33. The molecule has 0 spiro atoms. The number of phenols is 1. The highest BCUT2D eigenvalue weighted by molar-refractivity contribution is 5.71. The van der Waals surface area contributed by atoms with Crippen LogP contribution in [0.2, 0.25) is 0 Å². The Labute approximate surface area is 118 Å². The summed E-state index contributed by atoms with van der Waals surface area (Å²) < 4.78 is 5.95. The van der Waals surface area contributed by atoms with Gasteiger partial charge in [0.2, 0.25) is 0 Å². The second-order valence-electron chi connectivity index (χ2n) is 4.78. The van der Waals surface area contributed by atoms with Crippen molar-refractivity contribution in [1.29, 1.82) is 0 Å². The van der Waals surface area contributed by atoms with E-state index in [0.29, 0.717) is 0 Å². The summed E-state index contributed by atoms with van der Waals surface area (Å²) in [4.78, 5) is 0. The largest absolute Gasteiger partial charge is 0.508 e. The summed E-state index contributed by atoms with van der Waals surface area (Å²) in [5.74, 6) is 1.82. The average Bonchev–Trinajstić information content (AvgIpc) is 2.51. The monoisotopic (exact) mass is 267 g/mol. The van der Waals surface area contributed by atoms with Crippen molar-refractivity contribution in [2.24, 2.45) is 0 Å². The maximum absolute atomic E-state index is 9.31. The van der Waals surface area contributed by atoms with Gasteiger partial charge in [0.1, 0.15) is 17.2 Å². The molecule has 3 heteroatoms. The number of benzene rings is 2. The summed E-state index contributed by atoms with van der Waals surface area (Å²) in [7, 11) is 0. The van der Waals surface area contributed by atoms with Crippen molar-refractivity contribution in [1.82, 2.24) is 5.32 Å². The molecule has 2 N–H and O–H groups in total. The normalized spacial score (nSPS) is 14.7. The van der Waals surface area contributed by atoms with Crippen LogP contribution in [0, 0.1) is 0 Å². The number of aromatic hydroxyl groups is 1. The number of para-hydroxylation sites is 1. The zero-order valence-electron chi connectivity index (χ0n) is 11.2. The molecule has 0 amide bonds.